The normalized spacial score (nSPS) is 28.2. The highest BCUT2D eigenvalue weighted by Gasteiger charge is 2.22. The van der Waals surface area contributed by atoms with Crippen LogP contribution in [0, 0.1) is 0 Å². The molecule has 2 fully saturated rings. The number of nitrogens with one attached hydrogen (secondary N) is 3. The fourth-order valence-electron chi connectivity index (χ4n) is 2.09. The van der Waals surface area contributed by atoms with E-state index in [4.69, 9.17) is 0 Å². The molecule has 15 heavy (non-hydrogen) atoms. The predicted molar refractivity (Wildman–Crippen MR) is 58.8 cm³/mol. The summed E-state index contributed by atoms with van der Waals surface area (Å²) in [6.07, 6.45) is 2.27. The molecule has 3 N–H and O–H groups in total. The predicted octanol–water partition coefficient (Wildman–Crippen LogP) is -0.648. The summed E-state index contributed by atoms with van der Waals surface area (Å²) in [5.74, 6) is 0. The van der Waals surface area contributed by atoms with Crippen molar-refractivity contribution in [3.8, 4) is 0 Å². The maximum atomic E-state index is 11.6. The molecule has 1 atom stereocenters. The van der Waals surface area contributed by atoms with Crippen LogP contribution in [0.1, 0.15) is 12.8 Å². The van der Waals surface area contributed by atoms with Crippen LogP contribution in [0.25, 0.3) is 0 Å². The number of likely N-dealkylation sites (N-methyl/N-ethyl adjacent to an activating group) is 1. The zero-order valence-electron chi connectivity index (χ0n) is 9.25. The number of nitrogens with zero attached hydrogens (tertiary/aromatic N) is 1. The van der Waals surface area contributed by atoms with E-state index in [0.717, 1.165) is 32.6 Å². The Bertz CT molecular complexity index is 229. The number of carbonyl (C=O) groups is 1. The van der Waals surface area contributed by atoms with Gasteiger partial charge < -0.3 is 20.9 Å². The molecule has 1 unspecified atom stereocenters. The van der Waals surface area contributed by atoms with Gasteiger partial charge in [0.05, 0.1) is 6.04 Å². The quantitative estimate of drug-likeness (QED) is 0.570. The molecule has 2 amide bonds. The molecule has 2 aliphatic rings. The summed E-state index contributed by atoms with van der Waals surface area (Å²) in [5.41, 5.74) is 0. The van der Waals surface area contributed by atoms with Gasteiger partial charge in [-0.25, -0.2) is 4.79 Å². The van der Waals surface area contributed by atoms with Gasteiger partial charge in [-0.15, -0.1) is 0 Å². The molecule has 0 aromatic heterocycles. The molecule has 2 saturated heterocycles. The van der Waals surface area contributed by atoms with Crippen molar-refractivity contribution in [2.45, 2.75) is 24.9 Å². The van der Waals surface area contributed by atoms with E-state index in [0.29, 0.717) is 12.1 Å². The number of carbonyl (C=O) groups excluding carboxylic acids is 1. The molecule has 2 aliphatic heterocycles. The van der Waals surface area contributed by atoms with Crippen molar-refractivity contribution in [3.63, 3.8) is 0 Å². The van der Waals surface area contributed by atoms with Crippen LogP contribution in [0.15, 0.2) is 0 Å². The zero-order chi connectivity index (χ0) is 10.7. The first-order valence-electron chi connectivity index (χ1n) is 5.70. The average molecular weight is 212 g/mol. The third-order valence-electron chi connectivity index (χ3n) is 3.08. The van der Waals surface area contributed by atoms with Gasteiger partial charge >= 0.3 is 6.03 Å². The lowest BCUT2D eigenvalue weighted by atomic mass is 10.1. The summed E-state index contributed by atoms with van der Waals surface area (Å²) < 4.78 is 0. The Morgan fingerprint density at radius 1 is 1.33 bits per heavy atom. The second-order valence-corrected chi connectivity index (χ2v) is 4.57. The van der Waals surface area contributed by atoms with Crippen LogP contribution in [-0.2, 0) is 0 Å². The summed E-state index contributed by atoms with van der Waals surface area (Å²) >= 11 is 0. The highest BCUT2D eigenvalue weighted by molar-refractivity contribution is 5.74. The number of likely N-dealkylation sites (tertiary alicyclic amines) is 1. The van der Waals surface area contributed by atoms with Crippen molar-refractivity contribution >= 4 is 6.03 Å². The second kappa shape index (κ2) is 4.81. The lowest BCUT2D eigenvalue weighted by Gasteiger charge is -2.32. The first-order valence-corrected chi connectivity index (χ1v) is 5.70. The van der Waals surface area contributed by atoms with E-state index >= 15 is 0 Å². The van der Waals surface area contributed by atoms with E-state index in [2.05, 4.69) is 27.9 Å². The molecule has 2 heterocycles. The van der Waals surface area contributed by atoms with Gasteiger partial charge in [0.25, 0.3) is 0 Å². The number of piperidine rings is 1. The summed E-state index contributed by atoms with van der Waals surface area (Å²) in [6.45, 7) is 3.92. The number of amides is 2. The fourth-order valence-corrected chi connectivity index (χ4v) is 2.09. The third-order valence-corrected chi connectivity index (χ3v) is 3.08. The van der Waals surface area contributed by atoms with Crippen LogP contribution in [0.5, 0.6) is 0 Å². The maximum Gasteiger partial charge on any atom is 0.315 e. The Morgan fingerprint density at radius 3 is 2.67 bits per heavy atom. The summed E-state index contributed by atoms with van der Waals surface area (Å²) in [4.78, 5) is 13.8. The Kier molecular flexibility index (Phi) is 3.43. The van der Waals surface area contributed by atoms with Gasteiger partial charge in [-0.1, -0.05) is 0 Å². The van der Waals surface area contributed by atoms with Gasteiger partial charge in [0.15, 0.2) is 0 Å². The first-order chi connectivity index (χ1) is 7.24. The molecule has 86 valence electrons. The summed E-state index contributed by atoms with van der Waals surface area (Å²) in [5, 5.41) is 9.10. The molecule has 0 spiro atoms. The molecular weight excluding hydrogens is 192 g/mol. The molecule has 0 radical (unpaired) electrons. The highest BCUT2D eigenvalue weighted by Crippen LogP contribution is 2.07. The van der Waals surface area contributed by atoms with Crippen LogP contribution in [-0.4, -0.2) is 56.2 Å². The van der Waals surface area contributed by atoms with Crippen molar-refractivity contribution < 1.29 is 4.79 Å². The lowest BCUT2D eigenvalue weighted by molar-refractivity contribution is 0.203. The van der Waals surface area contributed by atoms with E-state index in [-0.39, 0.29) is 6.03 Å². The molecule has 2 rings (SSSR count). The summed E-state index contributed by atoms with van der Waals surface area (Å²) in [7, 11) is 2.10. The zero-order valence-corrected chi connectivity index (χ0v) is 9.25. The minimum absolute atomic E-state index is 0.0122. The minimum Gasteiger partial charge on any atom is -0.334 e. The van der Waals surface area contributed by atoms with E-state index < -0.39 is 0 Å². The molecule has 5 heteroatoms. The lowest BCUT2D eigenvalue weighted by Crippen LogP contribution is -2.60. The van der Waals surface area contributed by atoms with Crippen LogP contribution in [0.2, 0.25) is 0 Å². The summed E-state index contributed by atoms with van der Waals surface area (Å²) in [6, 6.07) is 0.630. The standard InChI is InChI=1S/C10H20N4O/c1-14-4-2-3-8(7-14)12-10(15)13-9-5-11-6-9/h8-9,11H,2-7H2,1H3,(H2,12,13,15). The van der Waals surface area contributed by atoms with E-state index in [1.807, 2.05) is 0 Å². The van der Waals surface area contributed by atoms with Crippen molar-refractivity contribution in [3.05, 3.63) is 0 Å². The van der Waals surface area contributed by atoms with Crippen LogP contribution in [0.4, 0.5) is 4.79 Å². The third kappa shape index (κ3) is 3.07. The molecule has 0 aromatic carbocycles. The van der Waals surface area contributed by atoms with E-state index in [1.54, 1.807) is 0 Å². The number of hydrogen-bond acceptors (Lipinski definition) is 3. The van der Waals surface area contributed by atoms with Crippen LogP contribution >= 0.6 is 0 Å². The Morgan fingerprint density at radius 2 is 2.07 bits per heavy atom. The minimum atomic E-state index is -0.0122. The smallest absolute Gasteiger partial charge is 0.315 e. The Balaban J connectivity index is 1.68. The molecule has 0 aromatic rings. The Labute approximate surface area is 90.6 Å². The molecule has 0 bridgehead atoms. The van der Waals surface area contributed by atoms with Crippen molar-refractivity contribution in [1.82, 2.24) is 20.9 Å². The number of urea groups is 1. The monoisotopic (exact) mass is 212 g/mol. The van der Waals surface area contributed by atoms with Gasteiger partial charge in [0.1, 0.15) is 0 Å². The molecular formula is C10H20N4O. The Hall–Kier alpha value is -0.810. The highest BCUT2D eigenvalue weighted by atomic mass is 16.2. The largest absolute Gasteiger partial charge is 0.334 e. The van der Waals surface area contributed by atoms with Gasteiger partial charge in [-0.05, 0) is 26.4 Å². The molecule has 0 saturated carbocycles. The average Bonchev–Trinajstić information content (AvgIpc) is 2.11. The van der Waals surface area contributed by atoms with Gasteiger partial charge in [-0.3, -0.25) is 0 Å². The van der Waals surface area contributed by atoms with Gasteiger partial charge in [0, 0.05) is 25.7 Å². The fraction of sp³-hybridized carbons (Fsp3) is 0.900. The SMILES string of the molecule is CN1CCCC(NC(=O)NC2CNC2)C1. The van der Waals surface area contributed by atoms with Crippen LogP contribution < -0.4 is 16.0 Å². The number of hydrogen-bond donors (Lipinski definition) is 3. The van der Waals surface area contributed by atoms with Crippen LogP contribution in [0.3, 0.4) is 0 Å². The number of rotatable bonds is 2. The van der Waals surface area contributed by atoms with E-state index in [9.17, 15) is 4.79 Å². The van der Waals surface area contributed by atoms with E-state index in [1.165, 1.54) is 6.42 Å². The van der Waals surface area contributed by atoms with Crippen molar-refractivity contribution in [2.24, 2.45) is 0 Å². The maximum absolute atomic E-state index is 11.6. The van der Waals surface area contributed by atoms with Gasteiger partial charge in [0.2, 0.25) is 0 Å². The first kappa shape index (κ1) is 10.7. The topological polar surface area (TPSA) is 56.4 Å². The van der Waals surface area contributed by atoms with Crippen molar-refractivity contribution in [1.29, 1.82) is 0 Å². The molecule has 0 aliphatic carbocycles. The van der Waals surface area contributed by atoms with Crippen molar-refractivity contribution in [2.75, 3.05) is 33.2 Å². The van der Waals surface area contributed by atoms with Gasteiger partial charge in [-0.2, -0.15) is 0 Å². The second-order valence-electron chi connectivity index (χ2n) is 4.57. The molecule has 5 nitrogen and oxygen atoms in total.